The Labute approximate surface area is 153 Å². The van der Waals surface area contributed by atoms with Gasteiger partial charge in [0.05, 0.1) is 13.2 Å². The second-order valence-corrected chi connectivity index (χ2v) is 6.74. The summed E-state index contributed by atoms with van der Waals surface area (Å²) >= 11 is 6.09. The minimum atomic E-state index is 0.292. The minimum absolute atomic E-state index is 0.292. The van der Waals surface area contributed by atoms with E-state index in [1.807, 2.05) is 24.3 Å². The molecule has 3 aromatic carbocycles. The second kappa shape index (κ2) is 6.81. The smallest absolute Gasteiger partial charge is 0.119 e. The molecule has 0 N–H and O–H groups in total. The number of fused-ring (bicyclic) bond motifs is 1. The number of ether oxygens (including phenoxy) is 1. The van der Waals surface area contributed by atoms with E-state index in [0.717, 1.165) is 23.6 Å². The molecule has 4 rings (SSSR count). The average Bonchev–Trinajstić information content (AvgIpc) is 2.68. The van der Waals surface area contributed by atoms with Crippen LogP contribution in [-0.2, 0) is 6.42 Å². The van der Waals surface area contributed by atoms with Crippen molar-refractivity contribution in [3.05, 3.63) is 88.9 Å². The first-order valence-corrected chi connectivity index (χ1v) is 8.91. The molecule has 3 heteroatoms. The van der Waals surface area contributed by atoms with Crippen LogP contribution in [0.2, 0.25) is 5.02 Å². The van der Waals surface area contributed by atoms with Crippen LogP contribution in [0, 0.1) is 0 Å². The van der Waals surface area contributed by atoms with Gasteiger partial charge in [-0.25, -0.2) is 0 Å². The van der Waals surface area contributed by atoms with Crippen LogP contribution in [0.25, 0.3) is 0 Å². The van der Waals surface area contributed by atoms with E-state index in [-0.39, 0.29) is 0 Å². The third kappa shape index (κ3) is 3.10. The highest BCUT2D eigenvalue weighted by molar-refractivity contribution is 6.30. The summed E-state index contributed by atoms with van der Waals surface area (Å²) in [5.41, 5.74) is 5.13. The van der Waals surface area contributed by atoms with Crippen molar-refractivity contribution in [3.8, 4) is 5.75 Å². The molecule has 25 heavy (non-hydrogen) atoms. The van der Waals surface area contributed by atoms with Crippen LogP contribution in [0.4, 0.5) is 11.4 Å². The van der Waals surface area contributed by atoms with Crippen LogP contribution in [-0.4, -0.2) is 7.11 Å². The van der Waals surface area contributed by atoms with Gasteiger partial charge in [0.1, 0.15) is 5.75 Å². The molecule has 0 bridgehead atoms. The molecule has 3 aromatic rings. The zero-order chi connectivity index (χ0) is 17.2. The Kier molecular flexibility index (Phi) is 4.37. The summed E-state index contributed by atoms with van der Waals surface area (Å²) in [4.78, 5) is 2.43. The molecule has 0 radical (unpaired) electrons. The normalized spacial score (nSPS) is 16.4. The van der Waals surface area contributed by atoms with E-state index in [9.17, 15) is 0 Å². The largest absolute Gasteiger partial charge is 0.497 e. The van der Waals surface area contributed by atoms with E-state index >= 15 is 0 Å². The Morgan fingerprint density at radius 3 is 2.36 bits per heavy atom. The molecule has 0 amide bonds. The molecule has 1 heterocycles. The molecule has 1 aliphatic heterocycles. The molecule has 2 nitrogen and oxygen atoms in total. The average molecular weight is 350 g/mol. The zero-order valence-corrected chi connectivity index (χ0v) is 14.9. The molecule has 0 saturated heterocycles. The molecular formula is C22H20ClNO. The van der Waals surface area contributed by atoms with Gasteiger partial charge in [-0.1, -0.05) is 41.9 Å². The first-order valence-electron chi connectivity index (χ1n) is 8.53. The Hall–Kier alpha value is -2.45. The Balaban J connectivity index is 1.81. The number of hydrogen-bond donors (Lipinski definition) is 0. The maximum atomic E-state index is 6.09. The molecule has 1 unspecified atom stereocenters. The van der Waals surface area contributed by atoms with Gasteiger partial charge < -0.3 is 9.64 Å². The first kappa shape index (κ1) is 16.0. The van der Waals surface area contributed by atoms with E-state index < -0.39 is 0 Å². The monoisotopic (exact) mass is 349 g/mol. The summed E-state index contributed by atoms with van der Waals surface area (Å²) in [6.07, 6.45) is 2.15. The van der Waals surface area contributed by atoms with Gasteiger partial charge in [0.25, 0.3) is 0 Å². The van der Waals surface area contributed by atoms with Gasteiger partial charge in [-0.15, -0.1) is 0 Å². The van der Waals surface area contributed by atoms with E-state index in [1.54, 1.807) is 7.11 Å². The van der Waals surface area contributed by atoms with Crippen molar-refractivity contribution in [2.24, 2.45) is 0 Å². The van der Waals surface area contributed by atoms with Gasteiger partial charge in [-0.2, -0.15) is 0 Å². The topological polar surface area (TPSA) is 12.5 Å². The van der Waals surface area contributed by atoms with Crippen molar-refractivity contribution in [3.63, 3.8) is 0 Å². The summed E-state index contributed by atoms with van der Waals surface area (Å²) < 4.78 is 5.32. The molecule has 0 spiro atoms. The van der Waals surface area contributed by atoms with Crippen molar-refractivity contribution < 1.29 is 4.74 Å². The van der Waals surface area contributed by atoms with Gasteiger partial charge >= 0.3 is 0 Å². The lowest BCUT2D eigenvalue weighted by atomic mass is 9.90. The Bertz CT molecular complexity index is 858. The highest BCUT2D eigenvalue weighted by atomic mass is 35.5. The fourth-order valence-corrected chi connectivity index (χ4v) is 3.73. The first-order chi connectivity index (χ1) is 12.3. The van der Waals surface area contributed by atoms with Crippen molar-refractivity contribution in [1.29, 1.82) is 0 Å². The summed E-state index contributed by atoms with van der Waals surface area (Å²) in [5, 5.41) is 0.774. The molecular weight excluding hydrogens is 330 g/mol. The fraction of sp³-hybridized carbons (Fsp3) is 0.182. The fourth-order valence-electron chi connectivity index (χ4n) is 3.61. The quantitative estimate of drug-likeness (QED) is 0.560. The number of para-hydroxylation sites is 1. The molecule has 1 aliphatic rings. The van der Waals surface area contributed by atoms with Gasteiger partial charge in [0, 0.05) is 16.4 Å². The minimum Gasteiger partial charge on any atom is -0.497 e. The van der Waals surface area contributed by atoms with Gasteiger partial charge in [-0.3, -0.25) is 0 Å². The summed E-state index contributed by atoms with van der Waals surface area (Å²) in [7, 11) is 1.70. The highest BCUT2D eigenvalue weighted by Crippen LogP contribution is 2.43. The number of rotatable bonds is 3. The van der Waals surface area contributed by atoms with Crippen LogP contribution < -0.4 is 9.64 Å². The van der Waals surface area contributed by atoms with Crippen molar-refractivity contribution >= 4 is 23.0 Å². The van der Waals surface area contributed by atoms with Crippen LogP contribution in [0.1, 0.15) is 23.6 Å². The summed E-state index contributed by atoms with van der Waals surface area (Å²) in [5.74, 6) is 0.872. The SMILES string of the molecule is COc1ccc(N2c3ccccc3CCC2c2ccc(Cl)cc2)cc1. The van der Waals surface area contributed by atoms with E-state index in [4.69, 9.17) is 16.3 Å². The lowest BCUT2D eigenvalue weighted by Crippen LogP contribution is -2.29. The summed E-state index contributed by atoms with van der Waals surface area (Å²) in [6, 6.07) is 25.5. The standard InChI is InChI=1S/C22H20ClNO/c1-25-20-13-11-19(12-14-20)24-21-5-3-2-4-16(21)8-15-22(24)17-6-9-18(23)10-7-17/h2-7,9-14,22H,8,15H2,1H3. The molecule has 1 atom stereocenters. The highest BCUT2D eigenvalue weighted by Gasteiger charge is 2.28. The predicted octanol–water partition coefficient (Wildman–Crippen LogP) is 6.17. The Morgan fingerprint density at radius 2 is 1.64 bits per heavy atom. The number of halogens is 1. The van der Waals surface area contributed by atoms with Crippen LogP contribution in [0.15, 0.2) is 72.8 Å². The number of hydrogen-bond acceptors (Lipinski definition) is 2. The van der Waals surface area contributed by atoms with Crippen LogP contribution in [0.5, 0.6) is 5.75 Å². The molecule has 126 valence electrons. The second-order valence-electron chi connectivity index (χ2n) is 6.30. The van der Waals surface area contributed by atoms with Crippen molar-refractivity contribution in [2.75, 3.05) is 12.0 Å². The van der Waals surface area contributed by atoms with E-state index in [0.29, 0.717) is 6.04 Å². The maximum Gasteiger partial charge on any atom is 0.119 e. The van der Waals surface area contributed by atoms with E-state index in [2.05, 4.69) is 53.4 Å². The lowest BCUT2D eigenvalue weighted by Gasteiger charge is -2.39. The van der Waals surface area contributed by atoms with Crippen molar-refractivity contribution in [1.82, 2.24) is 0 Å². The van der Waals surface area contributed by atoms with Crippen LogP contribution >= 0.6 is 11.6 Å². The Morgan fingerprint density at radius 1 is 0.920 bits per heavy atom. The third-order valence-corrected chi connectivity index (χ3v) is 5.11. The number of anilines is 2. The maximum absolute atomic E-state index is 6.09. The molecule has 0 aliphatic carbocycles. The number of nitrogens with zero attached hydrogens (tertiary/aromatic N) is 1. The van der Waals surface area contributed by atoms with Crippen LogP contribution in [0.3, 0.4) is 0 Å². The number of benzene rings is 3. The predicted molar refractivity (Wildman–Crippen MR) is 104 cm³/mol. The van der Waals surface area contributed by atoms with Gasteiger partial charge in [0.15, 0.2) is 0 Å². The zero-order valence-electron chi connectivity index (χ0n) is 14.2. The lowest BCUT2D eigenvalue weighted by molar-refractivity contribution is 0.415. The summed E-state index contributed by atoms with van der Waals surface area (Å²) in [6.45, 7) is 0. The van der Waals surface area contributed by atoms with Gasteiger partial charge in [-0.05, 0) is 66.4 Å². The number of methoxy groups -OCH3 is 1. The van der Waals surface area contributed by atoms with E-state index in [1.165, 1.54) is 22.5 Å². The van der Waals surface area contributed by atoms with Crippen molar-refractivity contribution in [2.45, 2.75) is 18.9 Å². The molecule has 0 saturated carbocycles. The third-order valence-electron chi connectivity index (χ3n) is 4.86. The molecule has 0 aromatic heterocycles. The molecule has 0 fully saturated rings. The van der Waals surface area contributed by atoms with Gasteiger partial charge in [0.2, 0.25) is 0 Å². The number of aryl methyl sites for hydroxylation is 1.